The van der Waals surface area contributed by atoms with E-state index in [0.717, 1.165) is 24.1 Å². The Morgan fingerprint density at radius 1 is 1.30 bits per heavy atom. The van der Waals surface area contributed by atoms with E-state index in [9.17, 15) is 9.59 Å². The van der Waals surface area contributed by atoms with Crippen molar-refractivity contribution in [2.45, 2.75) is 25.0 Å². The fraction of sp³-hybridized carbons (Fsp3) is 0.421. The minimum atomic E-state index is -0.575. The van der Waals surface area contributed by atoms with Crippen LogP contribution in [0.3, 0.4) is 0 Å². The molecule has 8 heteroatoms. The van der Waals surface area contributed by atoms with E-state index in [0.29, 0.717) is 26.2 Å². The molecule has 0 saturated carbocycles. The molecule has 3 heterocycles. The van der Waals surface area contributed by atoms with Gasteiger partial charge in [-0.1, -0.05) is 18.2 Å². The molecule has 1 N–H and O–H groups in total. The van der Waals surface area contributed by atoms with Gasteiger partial charge in [-0.25, -0.2) is 14.3 Å². The lowest BCUT2D eigenvalue weighted by Gasteiger charge is -2.38. The predicted molar refractivity (Wildman–Crippen MR) is 98.4 cm³/mol. The molecular formula is C19H23N5O3. The van der Waals surface area contributed by atoms with Crippen molar-refractivity contribution in [1.29, 1.82) is 0 Å². The third kappa shape index (κ3) is 3.47. The zero-order valence-corrected chi connectivity index (χ0v) is 15.3. The molecule has 0 bridgehead atoms. The van der Waals surface area contributed by atoms with Gasteiger partial charge in [0.15, 0.2) is 0 Å². The number of carbonyl (C=O) groups excluding carboxylic acids is 2. The highest BCUT2D eigenvalue weighted by molar-refractivity contribution is 5.75. The molecule has 2 fully saturated rings. The van der Waals surface area contributed by atoms with Crippen LogP contribution in [0.4, 0.5) is 9.59 Å². The molecule has 0 unspecified atom stereocenters. The van der Waals surface area contributed by atoms with Crippen molar-refractivity contribution in [3.8, 4) is 5.69 Å². The highest BCUT2D eigenvalue weighted by atomic mass is 16.6. The van der Waals surface area contributed by atoms with E-state index in [-0.39, 0.29) is 12.1 Å². The Bertz CT molecular complexity index is 838. The second kappa shape index (κ2) is 6.94. The fourth-order valence-corrected chi connectivity index (χ4v) is 3.85. The van der Waals surface area contributed by atoms with E-state index >= 15 is 0 Å². The van der Waals surface area contributed by atoms with Crippen LogP contribution in [0.25, 0.3) is 5.69 Å². The van der Waals surface area contributed by atoms with E-state index < -0.39 is 5.60 Å². The lowest BCUT2D eigenvalue weighted by atomic mass is 9.93. The summed E-state index contributed by atoms with van der Waals surface area (Å²) in [5.41, 5.74) is 1.34. The van der Waals surface area contributed by atoms with Crippen LogP contribution in [-0.2, 0) is 11.3 Å². The third-order valence-electron chi connectivity index (χ3n) is 5.14. The van der Waals surface area contributed by atoms with E-state index in [1.165, 1.54) is 0 Å². The van der Waals surface area contributed by atoms with Gasteiger partial charge in [0.05, 0.1) is 18.8 Å². The SMILES string of the molecule is CN1C[C@]2(CCCN(C(=O)NCc3ccccc3-n3cccn3)C2)OC1=O. The molecular weight excluding hydrogens is 346 g/mol. The van der Waals surface area contributed by atoms with Crippen molar-refractivity contribution in [3.63, 3.8) is 0 Å². The number of piperidine rings is 1. The Hall–Kier alpha value is -3.03. The minimum Gasteiger partial charge on any atom is -0.439 e. The van der Waals surface area contributed by atoms with E-state index in [1.54, 1.807) is 27.7 Å². The summed E-state index contributed by atoms with van der Waals surface area (Å²) in [5.74, 6) is 0. The first-order chi connectivity index (χ1) is 13.1. The Balaban J connectivity index is 1.41. The maximum absolute atomic E-state index is 12.7. The first-order valence-electron chi connectivity index (χ1n) is 9.11. The number of nitrogens with zero attached hydrogens (tertiary/aromatic N) is 4. The summed E-state index contributed by atoms with van der Waals surface area (Å²) in [7, 11) is 1.72. The minimum absolute atomic E-state index is 0.144. The Morgan fingerprint density at radius 2 is 2.15 bits per heavy atom. The van der Waals surface area contributed by atoms with Crippen molar-refractivity contribution in [1.82, 2.24) is 24.9 Å². The molecule has 1 spiro atoms. The number of rotatable bonds is 3. The van der Waals surface area contributed by atoms with Gasteiger partial charge in [0, 0.05) is 32.5 Å². The van der Waals surface area contributed by atoms with Crippen molar-refractivity contribution < 1.29 is 14.3 Å². The van der Waals surface area contributed by atoms with E-state index in [4.69, 9.17) is 4.74 Å². The zero-order chi connectivity index (χ0) is 18.9. The summed E-state index contributed by atoms with van der Waals surface area (Å²) in [6.45, 7) is 2.02. The number of hydrogen-bond donors (Lipinski definition) is 1. The molecule has 4 rings (SSSR count). The highest BCUT2D eigenvalue weighted by Gasteiger charge is 2.47. The summed E-state index contributed by atoms with van der Waals surface area (Å²) in [5, 5.41) is 7.26. The Kier molecular flexibility index (Phi) is 4.47. The molecule has 27 heavy (non-hydrogen) atoms. The monoisotopic (exact) mass is 369 g/mol. The topological polar surface area (TPSA) is 79.7 Å². The summed E-state index contributed by atoms with van der Waals surface area (Å²) in [4.78, 5) is 27.8. The van der Waals surface area contributed by atoms with Gasteiger partial charge in [-0.05, 0) is 30.5 Å². The van der Waals surface area contributed by atoms with Gasteiger partial charge >= 0.3 is 12.1 Å². The molecule has 2 saturated heterocycles. The summed E-state index contributed by atoms with van der Waals surface area (Å²) >= 11 is 0. The van der Waals surface area contributed by atoms with Gasteiger partial charge < -0.3 is 19.9 Å². The zero-order valence-electron chi connectivity index (χ0n) is 15.3. The van der Waals surface area contributed by atoms with Gasteiger partial charge in [-0.3, -0.25) is 0 Å². The number of ether oxygens (including phenoxy) is 1. The molecule has 142 valence electrons. The molecule has 2 aliphatic heterocycles. The molecule has 2 aliphatic rings. The summed E-state index contributed by atoms with van der Waals surface area (Å²) < 4.78 is 7.35. The number of carbonyl (C=O) groups is 2. The van der Waals surface area contributed by atoms with Crippen LogP contribution in [0.1, 0.15) is 18.4 Å². The van der Waals surface area contributed by atoms with Crippen molar-refractivity contribution in [3.05, 3.63) is 48.3 Å². The number of likely N-dealkylation sites (tertiary alicyclic amines) is 1. The van der Waals surface area contributed by atoms with Crippen LogP contribution in [0.5, 0.6) is 0 Å². The van der Waals surface area contributed by atoms with Crippen LogP contribution in [-0.4, -0.2) is 64.0 Å². The quantitative estimate of drug-likeness (QED) is 0.897. The molecule has 3 amide bonds. The second-order valence-corrected chi connectivity index (χ2v) is 7.17. The predicted octanol–water partition coefficient (Wildman–Crippen LogP) is 2.00. The maximum atomic E-state index is 12.7. The van der Waals surface area contributed by atoms with E-state index in [1.807, 2.05) is 36.5 Å². The normalized spacial score (nSPS) is 22.2. The third-order valence-corrected chi connectivity index (χ3v) is 5.14. The lowest BCUT2D eigenvalue weighted by Crippen LogP contribution is -2.54. The highest BCUT2D eigenvalue weighted by Crippen LogP contribution is 2.31. The Labute approximate surface area is 157 Å². The van der Waals surface area contributed by atoms with Crippen LogP contribution < -0.4 is 5.32 Å². The number of benzene rings is 1. The molecule has 2 aromatic rings. The number of aromatic nitrogens is 2. The first-order valence-corrected chi connectivity index (χ1v) is 9.11. The van der Waals surface area contributed by atoms with Gasteiger partial charge in [0.1, 0.15) is 5.60 Å². The summed E-state index contributed by atoms with van der Waals surface area (Å²) in [6, 6.07) is 9.55. The smallest absolute Gasteiger partial charge is 0.410 e. The maximum Gasteiger partial charge on any atom is 0.410 e. The van der Waals surface area contributed by atoms with Gasteiger partial charge in [-0.2, -0.15) is 5.10 Å². The molecule has 1 aromatic heterocycles. The summed E-state index contributed by atoms with van der Waals surface area (Å²) in [6.07, 6.45) is 4.89. The van der Waals surface area contributed by atoms with Crippen molar-refractivity contribution in [2.24, 2.45) is 0 Å². The lowest BCUT2D eigenvalue weighted by molar-refractivity contribution is 0.00318. The number of para-hydroxylation sites is 1. The van der Waals surface area contributed by atoms with Crippen LogP contribution >= 0.6 is 0 Å². The average molecular weight is 369 g/mol. The van der Waals surface area contributed by atoms with Gasteiger partial charge in [0.2, 0.25) is 0 Å². The second-order valence-electron chi connectivity index (χ2n) is 7.17. The number of nitrogens with one attached hydrogen (secondary N) is 1. The van der Waals surface area contributed by atoms with E-state index in [2.05, 4.69) is 10.4 Å². The first kappa shape index (κ1) is 17.4. The molecule has 8 nitrogen and oxygen atoms in total. The molecule has 0 aliphatic carbocycles. The standard InChI is InChI=1S/C19H23N5O3/c1-22-13-19(27-18(22)26)8-4-10-23(14-19)17(25)20-12-15-6-2-3-7-16(15)24-11-5-9-21-24/h2-3,5-7,9,11H,4,8,10,12-14H2,1H3,(H,20,25)/t19-/m0/s1. The Morgan fingerprint density at radius 3 is 2.89 bits per heavy atom. The number of amides is 3. The molecule has 0 radical (unpaired) electrons. The largest absolute Gasteiger partial charge is 0.439 e. The van der Waals surface area contributed by atoms with Crippen molar-refractivity contribution in [2.75, 3.05) is 26.7 Å². The van der Waals surface area contributed by atoms with Crippen LogP contribution in [0.15, 0.2) is 42.7 Å². The van der Waals surface area contributed by atoms with Crippen molar-refractivity contribution >= 4 is 12.1 Å². The number of hydrogen-bond acceptors (Lipinski definition) is 4. The number of urea groups is 1. The number of likely N-dealkylation sites (N-methyl/N-ethyl adjacent to an activating group) is 1. The van der Waals surface area contributed by atoms with Gasteiger partial charge in [0.25, 0.3) is 0 Å². The van der Waals surface area contributed by atoms with Crippen LogP contribution in [0, 0.1) is 0 Å². The fourth-order valence-electron chi connectivity index (χ4n) is 3.85. The average Bonchev–Trinajstić information content (AvgIpc) is 3.29. The molecule has 1 aromatic carbocycles. The van der Waals surface area contributed by atoms with Gasteiger partial charge in [-0.15, -0.1) is 0 Å². The van der Waals surface area contributed by atoms with Crippen LogP contribution in [0.2, 0.25) is 0 Å². The molecule has 1 atom stereocenters.